The summed E-state index contributed by atoms with van der Waals surface area (Å²) < 4.78 is 24.7. The summed E-state index contributed by atoms with van der Waals surface area (Å²) in [6.07, 6.45) is 4.87. The minimum absolute atomic E-state index is 0.0506. The smallest absolute Gasteiger partial charge is 0.294 e. The van der Waals surface area contributed by atoms with E-state index in [-0.39, 0.29) is 22.8 Å². The number of rotatable bonds is 4. The molecule has 0 radical (unpaired) electrons. The fourth-order valence-corrected chi connectivity index (χ4v) is 4.65. The molecule has 1 aliphatic heterocycles. The highest BCUT2D eigenvalue weighted by atomic mass is 32.2. The fraction of sp³-hybridized carbons (Fsp3) is 0.333. The zero-order valence-electron chi connectivity index (χ0n) is 13.4. The summed E-state index contributed by atoms with van der Waals surface area (Å²) in [6, 6.07) is 3.76. The van der Waals surface area contributed by atoms with Crippen molar-refractivity contribution in [3.05, 3.63) is 52.6 Å². The SMILES string of the molecule is CN(C(=O)c1ccc(-n2ccnc2)c([N+](=O)[O-])c1)C1CCS(=O)(=O)C1. The Bertz CT molecular complexity index is 923. The molecule has 0 saturated carbocycles. The highest BCUT2D eigenvalue weighted by molar-refractivity contribution is 7.91. The summed E-state index contributed by atoms with van der Waals surface area (Å²) in [6.45, 7) is 0. The van der Waals surface area contributed by atoms with Crippen LogP contribution >= 0.6 is 0 Å². The fourth-order valence-electron chi connectivity index (χ4n) is 2.87. The maximum absolute atomic E-state index is 12.6. The van der Waals surface area contributed by atoms with Gasteiger partial charge in [0, 0.05) is 37.1 Å². The molecule has 0 aliphatic carbocycles. The van der Waals surface area contributed by atoms with Gasteiger partial charge in [-0.1, -0.05) is 0 Å². The van der Waals surface area contributed by atoms with E-state index in [0.29, 0.717) is 12.1 Å². The molecule has 1 amide bonds. The Labute approximate surface area is 144 Å². The molecule has 1 aromatic heterocycles. The van der Waals surface area contributed by atoms with Gasteiger partial charge in [0.1, 0.15) is 5.69 Å². The maximum atomic E-state index is 12.6. The van der Waals surface area contributed by atoms with Gasteiger partial charge in [-0.15, -0.1) is 0 Å². The van der Waals surface area contributed by atoms with Crippen LogP contribution in [0, 0.1) is 10.1 Å². The Balaban J connectivity index is 1.91. The number of aromatic nitrogens is 2. The first-order valence-electron chi connectivity index (χ1n) is 7.53. The first-order valence-corrected chi connectivity index (χ1v) is 9.35. The van der Waals surface area contributed by atoms with Crippen LogP contribution in [0.15, 0.2) is 36.9 Å². The van der Waals surface area contributed by atoms with Gasteiger partial charge in [0.15, 0.2) is 9.84 Å². The van der Waals surface area contributed by atoms with Crippen LogP contribution in [0.4, 0.5) is 5.69 Å². The van der Waals surface area contributed by atoms with Crippen molar-refractivity contribution in [2.24, 2.45) is 0 Å². The minimum Gasteiger partial charge on any atom is -0.338 e. The number of benzene rings is 1. The molecule has 0 N–H and O–H groups in total. The lowest BCUT2D eigenvalue weighted by molar-refractivity contribution is -0.384. The molecule has 3 rings (SSSR count). The summed E-state index contributed by atoms with van der Waals surface area (Å²) in [7, 11) is -1.61. The van der Waals surface area contributed by atoms with E-state index in [0.717, 1.165) is 0 Å². The molecule has 1 unspecified atom stereocenters. The van der Waals surface area contributed by atoms with Gasteiger partial charge in [-0.2, -0.15) is 0 Å². The van der Waals surface area contributed by atoms with Crippen molar-refractivity contribution in [1.82, 2.24) is 14.5 Å². The van der Waals surface area contributed by atoms with E-state index in [4.69, 9.17) is 0 Å². The molecule has 0 bridgehead atoms. The summed E-state index contributed by atoms with van der Waals surface area (Å²) in [4.78, 5) is 28.6. The first kappa shape index (κ1) is 17.1. The minimum atomic E-state index is -3.13. The topological polar surface area (TPSA) is 115 Å². The van der Waals surface area contributed by atoms with Crippen LogP contribution < -0.4 is 0 Å². The monoisotopic (exact) mass is 364 g/mol. The number of imidazole rings is 1. The number of nitro benzene ring substituents is 1. The summed E-state index contributed by atoms with van der Waals surface area (Å²) >= 11 is 0. The number of carbonyl (C=O) groups is 1. The van der Waals surface area contributed by atoms with Crippen molar-refractivity contribution >= 4 is 21.4 Å². The predicted octanol–water partition coefficient (Wildman–Crippen LogP) is 1.04. The average molecular weight is 364 g/mol. The Morgan fingerprint density at radius 3 is 2.76 bits per heavy atom. The summed E-state index contributed by atoms with van der Waals surface area (Å²) in [5.41, 5.74) is 0.212. The van der Waals surface area contributed by atoms with Crippen LogP contribution in [0.25, 0.3) is 5.69 Å². The maximum Gasteiger partial charge on any atom is 0.294 e. The third kappa shape index (κ3) is 3.38. The first-order chi connectivity index (χ1) is 11.8. The lowest BCUT2D eigenvalue weighted by atomic mass is 10.1. The molecule has 25 heavy (non-hydrogen) atoms. The predicted molar refractivity (Wildman–Crippen MR) is 89.4 cm³/mol. The molecule has 0 spiro atoms. The molecule has 1 aliphatic rings. The van der Waals surface area contributed by atoms with Crippen molar-refractivity contribution in [2.45, 2.75) is 12.5 Å². The standard InChI is InChI=1S/C15H16N4O5S/c1-17(12-4-7-25(23,24)9-12)15(20)11-2-3-13(14(8-11)19(21)22)18-6-5-16-10-18/h2-3,5-6,8,10,12H,4,7,9H2,1H3. The van der Waals surface area contributed by atoms with Gasteiger partial charge in [0.05, 0.1) is 22.8 Å². The van der Waals surface area contributed by atoms with Gasteiger partial charge in [-0.3, -0.25) is 14.9 Å². The third-order valence-electron chi connectivity index (χ3n) is 4.28. The molecule has 2 aromatic rings. The highest BCUT2D eigenvalue weighted by Crippen LogP contribution is 2.26. The molecular weight excluding hydrogens is 348 g/mol. The molecule has 1 aromatic carbocycles. The lowest BCUT2D eigenvalue weighted by Crippen LogP contribution is -2.37. The van der Waals surface area contributed by atoms with Gasteiger partial charge in [-0.25, -0.2) is 13.4 Å². The lowest BCUT2D eigenvalue weighted by Gasteiger charge is -2.23. The number of nitro groups is 1. The molecule has 132 valence electrons. The highest BCUT2D eigenvalue weighted by Gasteiger charge is 2.33. The van der Waals surface area contributed by atoms with Crippen molar-refractivity contribution in [3.8, 4) is 5.69 Å². The zero-order valence-corrected chi connectivity index (χ0v) is 14.2. The molecular formula is C15H16N4O5S. The molecule has 1 saturated heterocycles. The second-order valence-electron chi connectivity index (χ2n) is 5.90. The zero-order chi connectivity index (χ0) is 18.2. The largest absolute Gasteiger partial charge is 0.338 e. The van der Waals surface area contributed by atoms with E-state index < -0.39 is 26.7 Å². The molecule has 2 heterocycles. The average Bonchev–Trinajstić information content (AvgIpc) is 3.22. The van der Waals surface area contributed by atoms with Crippen LogP contribution in [0.1, 0.15) is 16.8 Å². The number of carbonyl (C=O) groups excluding carboxylic acids is 1. The van der Waals surface area contributed by atoms with Gasteiger partial charge in [0.25, 0.3) is 11.6 Å². The third-order valence-corrected chi connectivity index (χ3v) is 6.03. The second-order valence-corrected chi connectivity index (χ2v) is 8.13. The van der Waals surface area contributed by atoms with Crippen molar-refractivity contribution < 1.29 is 18.1 Å². The van der Waals surface area contributed by atoms with Crippen molar-refractivity contribution in [2.75, 3.05) is 18.6 Å². The van der Waals surface area contributed by atoms with Crippen LogP contribution in [0.2, 0.25) is 0 Å². The van der Waals surface area contributed by atoms with Crippen LogP contribution in [-0.2, 0) is 9.84 Å². The number of amides is 1. The molecule has 9 nitrogen and oxygen atoms in total. The molecule has 10 heteroatoms. The number of sulfone groups is 1. The van der Waals surface area contributed by atoms with Gasteiger partial charge >= 0.3 is 0 Å². The molecule has 1 atom stereocenters. The quantitative estimate of drug-likeness (QED) is 0.591. The summed E-state index contributed by atoms with van der Waals surface area (Å²) in [5.74, 6) is -0.471. The molecule has 1 fully saturated rings. The number of nitrogens with zero attached hydrogens (tertiary/aromatic N) is 4. The van der Waals surface area contributed by atoms with E-state index in [1.807, 2.05) is 0 Å². The Kier molecular flexibility index (Phi) is 4.29. The van der Waals surface area contributed by atoms with E-state index in [9.17, 15) is 23.3 Å². The normalized spacial score (nSPS) is 18.8. The second kappa shape index (κ2) is 6.28. The van der Waals surface area contributed by atoms with Gasteiger partial charge in [-0.05, 0) is 18.6 Å². The Morgan fingerprint density at radius 2 is 2.20 bits per heavy atom. The van der Waals surface area contributed by atoms with E-state index in [1.165, 1.54) is 47.2 Å². The van der Waals surface area contributed by atoms with Gasteiger partial charge < -0.3 is 9.47 Å². The van der Waals surface area contributed by atoms with E-state index in [2.05, 4.69) is 4.98 Å². The van der Waals surface area contributed by atoms with Crippen LogP contribution in [-0.4, -0.2) is 58.3 Å². The number of hydrogen-bond acceptors (Lipinski definition) is 6. The van der Waals surface area contributed by atoms with Crippen LogP contribution in [0.3, 0.4) is 0 Å². The van der Waals surface area contributed by atoms with Gasteiger partial charge in [0.2, 0.25) is 0 Å². The van der Waals surface area contributed by atoms with E-state index in [1.54, 1.807) is 6.20 Å². The summed E-state index contributed by atoms with van der Waals surface area (Å²) in [5, 5.41) is 11.4. The van der Waals surface area contributed by atoms with Crippen molar-refractivity contribution in [3.63, 3.8) is 0 Å². The Morgan fingerprint density at radius 1 is 1.44 bits per heavy atom. The van der Waals surface area contributed by atoms with E-state index >= 15 is 0 Å². The van der Waals surface area contributed by atoms with Crippen LogP contribution in [0.5, 0.6) is 0 Å². The Hall–Kier alpha value is -2.75. The number of hydrogen-bond donors (Lipinski definition) is 0. The van der Waals surface area contributed by atoms with Crippen molar-refractivity contribution in [1.29, 1.82) is 0 Å².